The zero-order valence-electron chi connectivity index (χ0n) is 16.6. The van der Waals surface area contributed by atoms with Gasteiger partial charge in [-0.15, -0.1) is 0 Å². The van der Waals surface area contributed by atoms with Gasteiger partial charge >= 0.3 is 0 Å². The normalized spacial score (nSPS) is 15.7. The number of fused-ring (bicyclic) bond motifs is 1. The Kier molecular flexibility index (Phi) is 4.44. The van der Waals surface area contributed by atoms with E-state index in [1.165, 1.54) is 0 Å². The van der Waals surface area contributed by atoms with Crippen molar-refractivity contribution in [2.45, 2.75) is 31.8 Å². The van der Waals surface area contributed by atoms with E-state index in [0.717, 1.165) is 40.7 Å². The van der Waals surface area contributed by atoms with Crippen molar-refractivity contribution >= 4 is 11.7 Å². The Morgan fingerprint density at radius 3 is 2.73 bits per heavy atom. The molecule has 2 aliphatic rings. The summed E-state index contributed by atoms with van der Waals surface area (Å²) < 4.78 is 10.8. The number of amides is 1. The number of aryl methyl sites for hydroxylation is 1. The number of benzene rings is 2. The van der Waals surface area contributed by atoms with Crippen LogP contribution in [-0.4, -0.2) is 22.8 Å². The zero-order valence-corrected chi connectivity index (χ0v) is 16.6. The molecule has 1 aromatic heterocycles. The van der Waals surface area contributed by atoms with Crippen molar-refractivity contribution < 1.29 is 19.4 Å². The van der Waals surface area contributed by atoms with Gasteiger partial charge in [0.15, 0.2) is 11.5 Å². The largest absolute Gasteiger partial charge is 0.454 e. The van der Waals surface area contributed by atoms with E-state index in [4.69, 9.17) is 9.47 Å². The Morgan fingerprint density at radius 1 is 1.13 bits per heavy atom. The predicted molar refractivity (Wildman–Crippen MR) is 112 cm³/mol. The molecular formula is C24H22N2O4. The van der Waals surface area contributed by atoms with Gasteiger partial charge in [0.1, 0.15) is 5.82 Å². The number of nitrogens with one attached hydrogen (secondary N) is 1. The molecule has 0 unspecified atom stereocenters. The van der Waals surface area contributed by atoms with E-state index in [1.54, 1.807) is 6.20 Å². The highest BCUT2D eigenvalue weighted by atomic mass is 16.7. The Balaban J connectivity index is 1.37. The van der Waals surface area contributed by atoms with Crippen LogP contribution in [0.3, 0.4) is 0 Å². The first-order chi connectivity index (χ1) is 14.6. The molecule has 2 N–H and O–H groups in total. The second kappa shape index (κ2) is 7.15. The van der Waals surface area contributed by atoms with E-state index in [0.29, 0.717) is 17.3 Å². The molecule has 2 aromatic carbocycles. The van der Waals surface area contributed by atoms with E-state index in [2.05, 4.69) is 10.3 Å². The van der Waals surface area contributed by atoms with Crippen LogP contribution < -0.4 is 14.8 Å². The average molecular weight is 402 g/mol. The van der Waals surface area contributed by atoms with Crippen molar-refractivity contribution in [2.24, 2.45) is 0 Å². The molecule has 1 aliphatic heterocycles. The number of pyridine rings is 1. The Morgan fingerprint density at radius 2 is 1.97 bits per heavy atom. The van der Waals surface area contributed by atoms with Gasteiger partial charge in [-0.25, -0.2) is 4.98 Å². The van der Waals surface area contributed by atoms with Crippen molar-refractivity contribution in [3.63, 3.8) is 0 Å². The number of hydrogen-bond acceptors (Lipinski definition) is 5. The van der Waals surface area contributed by atoms with Crippen LogP contribution in [0.4, 0.5) is 5.82 Å². The molecule has 30 heavy (non-hydrogen) atoms. The second-order valence-electron chi connectivity index (χ2n) is 7.85. The second-order valence-corrected chi connectivity index (χ2v) is 7.85. The lowest BCUT2D eigenvalue weighted by atomic mass is 9.94. The highest BCUT2D eigenvalue weighted by Gasteiger charge is 2.51. The molecule has 1 fully saturated rings. The van der Waals surface area contributed by atoms with Crippen LogP contribution in [0, 0.1) is 6.92 Å². The molecule has 1 aliphatic carbocycles. The fraction of sp³-hybridized carbons (Fsp3) is 0.250. The molecule has 6 nitrogen and oxygen atoms in total. The van der Waals surface area contributed by atoms with Crippen molar-refractivity contribution in [1.29, 1.82) is 0 Å². The van der Waals surface area contributed by atoms with Crippen molar-refractivity contribution in [2.75, 3.05) is 12.1 Å². The average Bonchev–Trinajstić information content (AvgIpc) is 3.45. The van der Waals surface area contributed by atoms with Crippen LogP contribution in [0.1, 0.15) is 29.5 Å². The van der Waals surface area contributed by atoms with Crippen LogP contribution in [0.5, 0.6) is 11.5 Å². The molecule has 0 atom stereocenters. The van der Waals surface area contributed by atoms with Crippen LogP contribution in [-0.2, 0) is 16.8 Å². The highest BCUT2D eigenvalue weighted by Crippen LogP contribution is 2.51. The van der Waals surface area contributed by atoms with Gasteiger partial charge in [-0.05, 0) is 66.3 Å². The Hall–Kier alpha value is -3.38. The first kappa shape index (κ1) is 18.6. The third-order valence-corrected chi connectivity index (χ3v) is 5.88. The maximum atomic E-state index is 13.1. The summed E-state index contributed by atoms with van der Waals surface area (Å²) in [5.74, 6) is 1.89. The molecular weight excluding hydrogens is 380 g/mol. The monoisotopic (exact) mass is 402 g/mol. The molecule has 0 bridgehead atoms. The van der Waals surface area contributed by atoms with Crippen LogP contribution >= 0.6 is 0 Å². The molecule has 152 valence electrons. The molecule has 5 rings (SSSR count). The van der Waals surface area contributed by atoms with E-state index < -0.39 is 5.41 Å². The van der Waals surface area contributed by atoms with Crippen molar-refractivity contribution in [3.8, 4) is 22.6 Å². The summed E-state index contributed by atoms with van der Waals surface area (Å²) in [6.07, 6.45) is 3.36. The van der Waals surface area contributed by atoms with Gasteiger partial charge in [-0.3, -0.25) is 4.79 Å². The fourth-order valence-corrected chi connectivity index (χ4v) is 3.97. The minimum atomic E-state index is -0.537. The van der Waals surface area contributed by atoms with Gasteiger partial charge < -0.3 is 19.9 Å². The first-order valence-corrected chi connectivity index (χ1v) is 9.97. The molecule has 1 amide bonds. The van der Waals surface area contributed by atoms with Gasteiger partial charge in [0.2, 0.25) is 12.7 Å². The van der Waals surface area contributed by atoms with Gasteiger partial charge in [0, 0.05) is 11.8 Å². The maximum absolute atomic E-state index is 13.1. The van der Waals surface area contributed by atoms with Crippen molar-refractivity contribution in [3.05, 3.63) is 71.4 Å². The summed E-state index contributed by atoms with van der Waals surface area (Å²) in [6, 6.07) is 15.3. The van der Waals surface area contributed by atoms with E-state index in [-0.39, 0.29) is 19.3 Å². The number of nitrogens with zero attached hydrogens (tertiary/aromatic N) is 1. The van der Waals surface area contributed by atoms with Crippen molar-refractivity contribution in [1.82, 2.24) is 4.98 Å². The lowest BCUT2D eigenvalue weighted by Gasteiger charge is -2.17. The third kappa shape index (κ3) is 3.19. The highest BCUT2D eigenvalue weighted by molar-refractivity contribution is 6.01. The summed E-state index contributed by atoms with van der Waals surface area (Å²) in [6.45, 7) is 2.20. The van der Waals surface area contributed by atoms with E-state index >= 15 is 0 Å². The zero-order chi connectivity index (χ0) is 20.7. The van der Waals surface area contributed by atoms with Crippen LogP contribution in [0.15, 0.2) is 54.7 Å². The molecule has 2 heterocycles. The first-order valence-electron chi connectivity index (χ1n) is 9.97. The minimum Gasteiger partial charge on any atom is -0.454 e. The summed E-state index contributed by atoms with van der Waals surface area (Å²) in [5, 5.41) is 12.4. The SMILES string of the molecule is Cc1cc(NC(=O)C2(c3ccc4c(c3)OCO4)CC2)ncc1-c1cccc(CO)c1. The quantitative estimate of drug-likeness (QED) is 0.676. The van der Waals surface area contributed by atoms with Gasteiger partial charge in [0.05, 0.1) is 12.0 Å². The number of ether oxygens (including phenoxy) is 2. The Bertz CT molecular complexity index is 1140. The third-order valence-electron chi connectivity index (χ3n) is 5.88. The smallest absolute Gasteiger partial charge is 0.236 e. The molecule has 0 saturated heterocycles. The van der Waals surface area contributed by atoms with Gasteiger partial charge in [-0.1, -0.05) is 24.3 Å². The van der Waals surface area contributed by atoms with Crippen LogP contribution in [0.2, 0.25) is 0 Å². The number of anilines is 1. The number of carbonyl (C=O) groups is 1. The molecule has 3 aromatic rings. The summed E-state index contributed by atoms with van der Waals surface area (Å²) >= 11 is 0. The predicted octanol–water partition coefficient (Wildman–Crippen LogP) is 3.95. The molecule has 0 radical (unpaired) electrons. The van der Waals surface area contributed by atoms with E-state index in [1.807, 2.05) is 55.5 Å². The molecule has 1 saturated carbocycles. The number of aliphatic hydroxyl groups excluding tert-OH is 1. The maximum Gasteiger partial charge on any atom is 0.236 e. The molecule has 6 heteroatoms. The summed E-state index contributed by atoms with van der Waals surface area (Å²) in [4.78, 5) is 17.6. The lowest BCUT2D eigenvalue weighted by Crippen LogP contribution is -2.28. The number of aliphatic hydroxyl groups is 1. The van der Waals surface area contributed by atoms with E-state index in [9.17, 15) is 9.90 Å². The number of carbonyl (C=O) groups excluding carboxylic acids is 1. The van der Waals surface area contributed by atoms with Crippen LogP contribution in [0.25, 0.3) is 11.1 Å². The number of rotatable bonds is 5. The van der Waals surface area contributed by atoms with Gasteiger partial charge in [0.25, 0.3) is 0 Å². The Labute approximate surface area is 174 Å². The summed E-state index contributed by atoms with van der Waals surface area (Å²) in [7, 11) is 0. The van der Waals surface area contributed by atoms with Gasteiger partial charge in [-0.2, -0.15) is 0 Å². The standard InChI is InChI=1S/C24H22N2O4/c1-15-9-22(25-12-19(15)17-4-2-3-16(10-17)13-27)26-23(28)24(7-8-24)18-5-6-20-21(11-18)30-14-29-20/h2-6,9-12,27H,7-8,13-14H2,1H3,(H,25,26,28). The lowest BCUT2D eigenvalue weighted by molar-refractivity contribution is -0.118. The molecule has 0 spiro atoms. The fourth-order valence-electron chi connectivity index (χ4n) is 3.97. The topological polar surface area (TPSA) is 80.7 Å². The minimum absolute atomic E-state index is 0.00357. The number of hydrogen-bond donors (Lipinski definition) is 2. The summed E-state index contributed by atoms with van der Waals surface area (Å²) in [5.41, 5.74) is 4.22. The number of aromatic nitrogens is 1.